The van der Waals surface area contributed by atoms with Gasteiger partial charge in [-0.2, -0.15) is 5.26 Å². The monoisotopic (exact) mass is 248 g/mol. The lowest BCUT2D eigenvalue weighted by Crippen LogP contribution is -2.30. The number of nitriles is 1. The number of hydrogen-bond donors (Lipinski definition) is 1. The smallest absolute Gasteiger partial charge is 0.227 e. The molecule has 1 aromatic carbocycles. The van der Waals surface area contributed by atoms with Gasteiger partial charge < -0.3 is 5.32 Å². The second-order valence-corrected chi connectivity index (χ2v) is 4.70. The molecule has 1 aliphatic heterocycles. The zero-order valence-electron chi connectivity index (χ0n) is 9.59. The van der Waals surface area contributed by atoms with Crippen molar-refractivity contribution in [2.75, 3.05) is 5.32 Å². The zero-order valence-corrected chi connectivity index (χ0v) is 10.3. The van der Waals surface area contributed by atoms with Gasteiger partial charge in [-0.05, 0) is 37.0 Å². The lowest BCUT2D eigenvalue weighted by Gasteiger charge is -2.25. The summed E-state index contributed by atoms with van der Waals surface area (Å²) >= 11 is 6.02. The summed E-state index contributed by atoms with van der Waals surface area (Å²) in [7, 11) is 0. The van der Waals surface area contributed by atoms with Gasteiger partial charge in [-0.1, -0.05) is 17.7 Å². The van der Waals surface area contributed by atoms with Crippen LogP contribution >= 0.6 is 11.6 Å². The van der Waals surface area contributed by atoms with Crippen molar-refractivity contribution >= 4 is 23.2 Å². The maximum Gasteiger partial charge on any atom is 0.227 e. The van der Waals surface area contributed by atoms with Gasteiger partial charge in [0, 0.05) is 23.0 Å². The number of nitrogens with zero attached hydrogens (tertiary/aromatic N) is 1. The zero-order chi connectivity index (χ0) is 12.4. The summed E-state index contributed by atoms with van der Waals surface area (Å²) in [6.45, 7) is 1.90. The van der Waals surface area contributed by atoms with Gasteiger partial charge in [0.25, 0.3) is 0 Å². The Hall–Kier alpha value is -1.53. The Bertz CT molecular complexity index is 505. The Kier molecular flexibility index (Phi) is 3.35. The molecule has 0 fully saturated rings. The molecule has 1 atom stereocenters. The predicted octanol–water partition coefficient (Wildman–Crippen LogP) is 3.06. The van der Waals surface area contributed by atoms with Crippen molar-refractivity contribution in [1.82, 2.24) is 0 Å². The van der Waals surface area contributed by atoms with Crippen LogP contribution in [0.25, 0.3) is 0 Å². The van der Waals surface area contributed by atoms with Crippen molar-refractivity contribution in [3.8, 4) is 6.07 Å². The maximum atomic E-state index is 11.9. The maximum absolute atomic E-state index is 11.9. The molecular weight excluding hydrogens is 236 g/mol. The Morgan fingerprint density at radius 2 is 2.35 bits per heavy atom. The number of fused-ring (bicyclic) bond motifs is 1. The molecule has 1 aliphatic rings. The first-order chi connectivity index (χ1) is 8.13. The molecule has 0 aliphatic carbocycles. The second-order valence-electron chi connectivity index (χ2n) is 4.29. The Morgan fingerprint density at radius 1 is 1.59 bits per heavy atom. The molecule has 0 spiro atoms. The summed E-state index contributed by atoms with van der Waals surface area (Å²) in [5.74, 6) is -0.0964. The SMILES string of the molecule is Cc1c(Cl)ccc2c1NC(=O)C(CCC#N)C2. The van der Waals surface area contributed by atoms with Crippen LogP contribution in [0.15, 0.2) is 12.1 Å². The summed E-state index contributed by atoms with van der Waals surface area (Å²) < 4.78 is 0. The molecule has 17 heavy (non-hydrogen) atoms. The van der Waals surface area contributed by atoms with Crippen molar-refractivity contribution in [3.63, 3.8) is 0 Å². The fourth-order valence-electron chi connectivity index (χ4n) is 2.14. The van der Waals surface area contributed by atoms with Gasteiger partial charge >= 0.3 is 0 Å². The van der Waals surface area contributed by atoms with E-state index in [1.807, 2.05) is 19.1 Å². The van der Waals surface area contributed by atoms with Crippen molar-refractivity contribution in [2.24, 2.45) is 5.92 Å². The number of nitrogens with one attached hydrogen (secondary N) is 1. The number of halogens is 1. The third-order valence-electron chi connectivity index (χ3n) is 3.18. The Labute approximate surface area is 105 Å². The number of hydrogen-bond acceptors (Lipinski definition) is 2. The highest BCUT2D eigenvalue weighted by molar-refractivity contribution is 6.31. The fourth-order valence-corrected chi connectivity index (χ4v) is 2.30. The molecule has 88 valence electrons. The van der Waals surface area contributed by atoms with Crippen molar-refractivity contribution in [1.29, 1.82) is 5.26 Å². The van der Waals surface area contributed by atoms with E-state index < -0.39 is 0 Å². The summed E-state index contributed by atoms with van der Waals surface area (Å²) in [6.07, 6.45) is 1.73. The van der Waals surface area contributed by atoms with Crippen molar-refractivity contribution in [3.05, 3.63) is 28.3 Å². The minimum absolute atomic E-state index is 0.00174. The molecule has 0 bridgehead atoms. The van der Waals surface area contributed by atoms with Crippen LogP contribution in [0.2, 0.25) is 5.02 Å². The van der Waals surface area contributed by atoms with Gasteiger partial charge in [0.05, 0.1) is 6.07 Å². The van der Waals surface area contributed by atoms with Crippen LogP contribution in [0.3, 0.4) is 0 Å². The molecule has 1 unspecified atom stereocenters. The van der Waals surface area contributed by atoms with Crippen LogP contribution in [0.1, 0.15) is 24.0 Å². The van der Waals surface area contributed by atoms with Gasteiger partial charge in [-0.15, -0.1) is 0 Å². The third-order valence-corrected chi connectivity index (χ3v) is 3.58. The number of anilines is 1. The third kappa shape index (κ3) is 2.27. The highest BCUT2D eigenvalue weighted by Gasteiger charge is 2.27. The molecular formula is C13H13ClN2O. The van der Waals surface area contributed by atoms with E-state index in [2.05, 4.69) is 11.4 Å². The number of amides is 1. The van der Waals surface area contributed by atoms with E-state index in [9.17, 15) is 4.79 Å². The van der Waals surface area contributed by atoms with E-state index in [1.165, 1.54) is 0 Å². The van der Waals surface area contributed by atoms with Gasteiger partial charge in [0.15, 0.2) is 0 Å². The molecule has 1 heterocycles. The van der Waals surface area contributed by atoms with Gasteiger partial charge in [-0.25, -0.2) is 0 Å². The second kappa shape index (κ2) is 4.77. The fraction of sp³-hybridized carbons (Fsp3) is 0.385. The normalized spacial score (nSPS) is 18.2. The molecule has 0 saturated carbocycles. The first kappa shape index (κ1) is 11.9. The molecule has 1 aromatic rings. The lowest BCUT2D eigenvalue weighted by molar-refractivity contribution is -0.120. The Balaban J connectivity index is 2.28. The topological polar surface area (TPSA) is 52.9 Å². The quantitative estimate of drug-likeness (QED) is 0.875. The molecule has 0 aromatic heterocycles. The van der Waals surface area contributed by atoms with E-state index in [4.69, 9.17) is 16.9 Å². The minimum Gasteiger partial charge on any atom is -0.325 e. The van der Waals surface area contributed by atoms with Crippen molar-refractivity contribution < 1.29 is 4.79 Å². The highest BCUT2D eigenvalue weighted by atomic mass is 35.5. The van der Waals surface area contributed by atoms with Gasteiger partial charge in [0.2, 0.25) is 5.91 Å². The lowest BCUT2D eigenvalue weighted by atomic mass is 9.88. The van der Waals surface area contributed by atoms with E-state index in [0.717, 1.165) is 16.8 Å². The Morgan fingerprint density at radius 3 is 3.06 bits per heavy atom. The predicted molar refractivity (Wildman–Crippen MR) is 66.9 cm³/mol. The largest absolute Gasteiger partial charge is 0.325 e. The molecule has 3 nitrogen and oxygen atoms in total. The number of benzene rings is 1. The molecule has 4 heteroatoms. The molecule has 0 radical (unpaired) electrons. The van der Waals surface area contributed by atoms with Crippen molar-refractivity contribution in [2.45, 2.75) is 26.2 Å². The molecule has 1 amide bonds. The van der Waals surface area contributed by atoms with Crippen LogP contribution in [-0.2, 0) is 11.2 Å². The number of carbonyl (C=O) groups is 1. The van der Waals surface area contributed by atoms with Crippen LogP contribution < -0.4 is 5.32 Å². The average molecular weight is 249 g/mol. The first-order valence-electron chi connectivity index (χ1n) is 5.59. The van der Waals surface area contributed by atoms with Crippen LogP contribution in [0, 0.1) is 24.2 Å². The standard InChI is InChI=1S/C13H13ClN2O/c1-8-11(14)5-4-9-7-10(3-2-6-15)13(17)16-12(8)9/h4-5,10H,2-3,7H2,1H3,(H,16,17). The summed E-state index contributed by atoms with van der Waals surface area (Å²) in [4.78, 5) is 11.9. The summed E-state index contributed by atoms with van der Waals surface area (Å²) in [5.41, 5.74) is 2.86. The highest BCUT2D eigenvalue weighted by Crippen LogP contribution is 2.33. The summed E-state index contributed by atoms with van der Waals surface area (Å²) in [6, 6.07) is 5.88. The number of rotatable bonds is 2. The molecule has 0 saturated heterocycles. The average Bonchev–Trinajstić information content (AvgIpc) is 2.32. The minimum atomic E-state index is -0.0947. The molecule has 1 N–H and O–H groups in total. The van der Waals surface area contributed by atoms with E-state index >= 15 is 0 Å². The van der Waals surface area contributed by atoms with Gasteiger partial charge in [0.1, 0.15) is 0 Å². The van der Waals surface area contributed by atoms with Crippen LogP contribution in [0.5, 0.6) is 0 Å². The number of carbonyl (C=O) groups excluding carboxylic acids is 1. The van der Waals surface area contributed by atoms with E-state index in [-0.39, 0.29) is 11.8 Å². The van der Waals surface area contributed by atoms with E-state index in [1.54, 1.807) is 0 Å². The first-order valence-corrected chi connectivity index (χ1v) is 5.97. The van der Waals surface area contributed by atoms with Crippen LogP contribution in [-0.4, -0.2) is 5.91 Å². The van der Waals surface area contributed by atoms with Crippen LogP contribution in [0.4, 0.5) is 5.69 Å². The molecule has 2 rings (SSSR count). The van der Waals surface area contributed by atoms with Gasteiger partial charge in [-0.3, -0.25) is 4.79 Å². The summed E-state index contributed by atoms with van der Waals surface area (Å²) in [5, 5.41) is 12.1. The van der Waals surface area contributed by atoms with E-state index in [0.29, 0.717) is 24.3 Å².